The summed E-state index contributed by atoms with van der Waals surface area (Å²) < 4.78 is 50.2. The zero-order chi connectivity index (χ0) is 21.6. The number of pyridine rings is 1. The van der Waals surface area contributed by atoms with Crippen molar-refractivity contribution in [3.05, 3.63) is 65.4 Å². The molecule has 0 bridgehead atoms. The lowest BCUT2D eigenvalue weighted by Gasteiger charge is -2.11. The molecule has 3 aromatic heterocycles. The number of hydrogen-bond donors (Lipinski definition) is 2. The van der Waals surface area contributed by atoms with Crippen LogP contribution < -0.4 is 10.1 Å². The monoisotopic (exact) mass is 461 g/mol. The van der Waals surface area contributed by atoms with Gasteiger partial charge in [0.1, 0.15) is 0 Å². The van der Waals surface area contributed by atoms with Gasteiger partial charge >= 0.3 is 6.18 Å². The van der Waals surface area contributed by atoms with Crippen molar-refractivity contribution in [2.45, 2.75) is 6.18 Å². The quantitative estimate of drug-likeness (QED) is 0.308. The van der Waals surface area contributed by atoms with Gasteiger partial charge in [0.2, 0.25) is 11.8 Å². The molecule has 0 spiro atoms. The summed E-state index contributed by atoms with van der Waals surface area (Å²) in [5, 5.41) is 3.74. The molecule has 0 saturated heterocycles. The number of nitrogens with one attached hydrogen (secondary N) is 2. The number of imidazole rings is 1. The number of nitrogens with zero attached hydrogens (tertiary/aromatic N) is 3. The molecule has 2 aromatic carbocycles. The fourth-order valence-corrected chi connectivity index (χ4v) is 3.93. The Hall–Kier alpha value is -3.37. The van der Waals surface area contributed by atoms with Crippen molar-refractivity contribution in [3.8, 4) is 11.6 Å². The van der Waals surface area contributed by atoms with E-state index in [9.17, 15) is 13.2 Å². The van der Waals surface area contributed by atoms with E-state index >= 15 is 0 Å². The first-order chi connectivity index (χ1) is 14.9. The lowest BCUT2D eigenvalue weighted by Crippen LogP contribution is -2.04. The molecule has 0 fully saturated rings. The highest BCUT2D eigenvalue weighted by Crippen LogP contribution is 2.37. The average molecular weight is 462 g/mol. The van der Waals surface area contributed by atoms with Crippen LogP contribution in [0.5, 0.6) is 11.6 Å². The molecule has 6 nitrogen and oxygen atoms in total. The molecule has 31 heavy (non-hydrogen) atoms. The highest BCUT2D eigenvalue weighted by atomic mass is 35.5. The second-order valence-corrected chi connectivity index (χ2v) is 7.75. The summed E-state index contributed by atoms with van der Waals surface area (Å²) in [6, 6.07) is 10.7. The molecule has 0 saturated carbocycles. The zero-order valence-corrected chi connectivity index (χ0v) is 16.9. The molecule has 2 N–H and O–H groups in total. The second kappa shape index (κ2) is 7.40. The van der Waals surface area contributed by atoms with Crippen molar-refractivity contribution in [1.82, 2.24) is 19.3 Å². The van der Waals surface area contributed by atoms with Crippen LogP contribution in [0.4, 0.5) is 24.8 Å². The number of halogens is 4. The lowest BCUT2D eigenvalue weighted by atomic mass is 10.2. The maximum absolute atomic E-state index is 13.1. The van der Waals surface area contributed by atoms with Gasteiger partial charge in [0.05, 0.1) is 43.6 Å². The maximum atomic E-state index is 13.1. The van der Waals surface area contributed by atoms with E-state index in [4.69, 9.17) is 16.3 Å². The predicted molar refractivity (Wildman–Crippen MR) is 113 cm³/mol. The fraction of sp³-hybridized carbons (Fsp3) is 0.0500. The van der Waals surface area contributed by atoms with Gasteiger partial charge in [0, 0.05) is 6.20 Å². The van der Waals surface area contributed by atoms with Gasteiger partial charge in [-0.2, -0.15) is 17.5 Å². The van der Waals surface area contributed by atoms with Crippen LogP contribution in [0, 0.1) is 0 Å². The zero-order valence-electron chi connectivity index (χ0n) is 15.4. The van der Waals surface area contributed by atoms with E-state index in [1.165, 1.54) is 11.5 Å². The Morgan fingerprint density at radius 2 is 1.97 bits per heavy atom. The first-order valence-electron chi connectivity index (χ1n) is 8.88. The van der Waals surface area contributed by atoms with E-state index in [-0.39, 0.29) is 16.5 Å². The number of aromatic nitrogens is 4. The average Bonchev–Trinajstić information content (AvgIpc) is 3.36. The summed E-state index contributed by atoms with van der Waals surface area (Å²) in [5.74, 6) is 1.06. The number of benzene rings is 2. The Labute approximate surface area is 181 Å². The molecule has 0 aliphatic heterocycles. The Kier molecular flexibility index (Phi) is 4.67. The van der Waals surface area contributed by atoms with Crippen LogP contribution in [0.1, 0.15) is 5.56 Å². The molecule has 0 amide bonds. The molecule has 0 unspecified atom stereocenters. The predicted octanol–water partition coefficient (Wildman–Crippen LogP) is 6.78. The van der Waals surface area contributed by atoms with Crippen molar-refractivity contribution in [2.24, 2.45) is 0 Å². The summed E-state index contributed by atoms with van der Waals surface area (Å²) >= 11 is 7.36. The van der Waals surface area contributed by atoms with Gasteiger partial charge in [0.15, 0.2) is 5.75 Å². The van der Waals surface area contributed by atoms with Gasteiger partial charge in [-0.3, -0.25) is 0 Å². The Morgan fingerprint density at radius 1 is 1.13 bits per heavy atom. The number of aromatic amines is 1. The smallest absolute Gasteiger partial charge is 0.416 e. The van der Waals surface area contributed by atoms with Crippen LogP contribution >= 0.6 is 23.1 Å². The third-order valence-electron chi connectivity index (χ3n) is 4.47. The highest BCUT2D eigenvalue weighted by Gasteiger charge is 2.31. The van der Waals surface area contributed by atoms with Gasteiger partial charge in [-0.1, -0.05) is 23.7 Å². The highest BCUT2D eigenvalue weighted by molar-refractivity contribution is 7.13. The third-order valence-corrected chi connectivity index (χ3v) is 5.53. The molecule has 11 heteroatoms. The van der Waals surface area contributed by atoms with Crippen LogP contribution in [-0.4, -0.2) is 19.3 Å². The molecule has 0 atom stereocenters. The number of rotatable bonds is 4. The molecule has 5 aromatic rings. The molecule has 0 aliphatic rings. The molecule has 0 radical (unpaired) electrons. The topological polar surface area (TPSA) is 75.7 Å². The van der Waals surface area contributed by atoms with E-state index in [0.29, 0.717) is 22.8 Å². The number of fused-ring (bicyclic) bond motifs is 2. The number of ether oxygens (including phenoxy) is 1. The molecular weight excluding hydrogens is 451 g/mol. The van der Waals surface area contributed by atoms with Crippen LogP contribution in [-0.2, 0) is 6.18 Å². The second-order valence-electron chi connectivity index (χ2n) is 6.51. The Balaban J connectivity index is 1.49. The largest absolute Gasteiger partial charge is 0.436 e. The number of H-pyrrole nitrogens is 1. The summed E-state index contributed by atoms with van der Waals surface area (Å²) in [4.78, 5) is 11.4. The summed E-state index contributed by atoms with van der Waals surface area (Å²) in [5.41, 5.74) is 0.0638. The third kappa shape index (κ3) is 3.75. The minimum atomic E-state index is -4.52. The van der Waals surface area contributed by atoms with Gasteiger partial charge in [-0.05, 0) is 41.9 Å². The molecule has 3 heterocycles. The standard InChI is InChI=1S/C20H11ClF3N5OS/c21-12-7-10(20(22,23)24)8-14-17(12)29-19(28-14)27-13-3-1-2-4-15(13)30-18-11-9-26-31-16(11)5-6-25-18/h1-9H,(H2,27,28,29). The number of alkyl halides is 3. The number of para-hydroxylation sites is 2. The van der Waals surface area contributed by atoms with E-state index in [2.05, 4.69) is 24.6 Å². The number of hydrogen-bond acceptors (Lipinski definition) is 6. The molecular formula is C20H11ClF3N5OS. The normalized spacial score (nSPS) is 11.9. The lowest BCUT2D eigenvalue weighted by molar-refractivity contribution is -0.137. The Bertz CT molecular complexity index is 1420. The SMILES string of the molecule is FC(F)(F)c1cc(Cl)c2[nH]c(Nc3ccccc3Oc3nccc4sncc34)nc2c1. The van der Waals surface area contributed by atoms with Crippen LogP contribution in [0.3, 0.4) is 0 Å². The maximum Gasteiger partial charge on any atom is 0.416 e. The van der Waals surface area contributed by atoms with Crippen molar-refractivity contribution in [2.75, 3.05) is 5.32 Å². The number of anilines is 2. The van der Waals surface area contributed by atoms with E-state index in [1.54, 1.807) is 36.7 Å². The van der Waals surface area contributed by atoms with Gasteiger partial charge in [-0.15, -0.1) is 0 Å². The van der Waals surface area contributed by atoms with Crippen molar-refractivity contribution in [3.63, 3.8) is 0 Å². The van der Waals surface area contributed by atoms with Crippen LogP contribution in [0.15, 0.2) is 54.9 Å². The summed E-state index contributed by atoms with van der Waals surface area (Å²) in [6.45, 7) is 0. The minimum Gasteiger partial charge on any atom is -0.436 e. The van der Waals surface area contributed by atoms with Crippen molar-refractivity contribution >= 4 is 55.9 Å². The first kappa shape index (κ1) is 19.6. The Morgan fingerprint density at radius 3 is 2.81 bits per heavy atom. The fourth-order valence-electron chi connectivity index (χ4n) is 3.04. The van der Waals surface area contributed by atoms with E-state index in [0.717, 1.165) is 22.2 Å². The van der Waals surface area contributed by atoms with Crippen LogP contribution in [0.25, 0.3) is 21.1 Å². The van der Waals surface area contributed by atoms with Crippen molar-refractivity contribution in [1.29, 1.82) is 0 Å². The van der Waals surface area contributed by atoms with Crippen molar-refractivity contribution < 1.29 is 17.9 Å². The molecule has 5 rings (SSSR count). The first-order valence-corrected chi connectivity index (χ1v) is 10.0. The minimum absolute atomic E-state index is 0.0734. The van der Waals surface area contributed by atoms with E-state index < -0.39 is 11.7 Å². The van der Waals surface area contributed by atoms with Gasteiger partial charge in [0.25, 0.3) is 0 Å². The summed E-state index contributed by atoms with van der Waals surface area (Å²) in [6.07, 6.45) is -1.21. The molecule has 0 aliphatic carbocycles. The van der Waals surface area contributed by atoms with Gasteiger partial charge in [-0.25, -0.2) is 9.97 Å². The van der Waals surface area contributed by atoms with Crippen LogP contribution in [0.2, 0.25) is 5.02 Å². The van der Waals surface area contributed by atoms with Gasteiger partial charge < -0.3 is 15.0 Å². The van der Waals surface area contributed by atoms with E-state index in [1.807, 2.05) is 6.07 Å². The summed E-state index contributed by atoms with van der Waals surface area (Å²) in [7, 11) is 0. The molecule has 156 valence electrons.